The third-order valence-electron chi connectivity index (χ3n) is 3.00. The van der Waals surface area contributed by atoms with Gasteiger partial charge >= 0.3 is 0 Å². The van der Waals surface area contributed by atoms with Crippen LogP contribution in [0, 0.1) is 0 Å². The summed E-state index contributed by atoms with van der Waals surface area (Å²) in [5.41, 5.74) is 0.592. The number of thioether (sulfide) groups is 1. The number of pyridine rings is 1. The van der Waals surface area contributed by atoms with E-state index in [1.54, 1.807) is 44.8 Å². The molecule has 116 valence electrons. The molecule has 1 aromatic heterocycles. The summed E-state index contributed by atoms with van der Waals surface area (Å²) >= 11 is 1.47. The van der Waals surface area contributed by atoms with Crippen LogP contribution in [0.1, 0.15) is 6.92 Å². The molecule has 0 fully saturated rings. The van der Waals surface area contributed by atoms with Crippen molar-refractivity contribution in [2.24, 2.45) is 0 Å². The number of rotatable bonds is 6. The molecule has 0 aliphatic heterocycles. The molecule has 1 atom stereocenters. The molecule has 22 heavy (non-hydrogen) atoms. The normalized spacial score (nSPS) is 11.6. The summed E-state index contributed by atoms with van der Waals surface area (Å²) in [5, 5.41) is 2.62. The van der Waals surface area contributed by atoms with Crippen LogP contribution in [0.2, 0.25) is 0 Å². The maximum atomic E-state index is 12.3. The van der Waals surface area contributed by atoms with Crippen LogP contribution in [0.15, 0.2) is 47.6 Å². The van der Waals surface area contributed by atoms with Crippen molar-refractivity contribution in [3.8, 4) is 11.5 Å². The van der Waals surface area contributed by atoms with E-state index in [0.717, 1.165) is 4.90 Å². The van der Waals surface area contributed by atoms with Crippen LogP contribution in [-0.4, -0.2) is 30.4 Å². The molecular weight excluding hydrogens is 300 g/mol. The number of amides is 1. The van der Waals surface area contributed by atoms with E-state index in [4.69, 9.17) is 9.47 Å². The molecule has 0 radical (unpaired) electrons. The van der Waals surface area contributed by atoms with E-state index in [-0.39, 0.29) is 11.2 Å². The summed E-state index contributed by atoms with van der Waals surface area (Å²) < 4.78 is 10.4. The van der Waals surface area contributed by atoms with Gasteiger partial charge in [-0.3, -0.25) is 9.78 Å². The number of ether oxygens (including phenoxy) is 2. The number of aromatic nitrogens is 1. The average Bonchev–Trinajstić information content (AvgIpc) is 2.55. The molecule has 0 saturated heterocycles. The van der Waals surface area contributed by atoms with Crippen molar-refractivity contribution in [2.75, 3.05) is 19.5 Å². The molecule has 0 aliphatic rings. The Morgan fingerprint density at radius 2 is 1.91 bits per heavy atom. The van der Waals surface area contributed by atoms with Gasteiger partial charge < -0.3 is 14.8 Å². The molecule has 5 nitrogen and oxygen atoms in total. The second-order valence-electron chi connectivity index (χ2n) is 4.50. The zero-order valence-corrected chi connectivity index (χ0v) is 13.5. The van der Waals surface area contributed by atoms with Gasteiger partial charge in [0, 0.05) is 23.4 Å². The zero-order valence-electron chi connectivity index (χ0n) is 12.7. The van der Waals surface area contributed by atoms with Crippen LogP contribution in [0.4, 0.5) is 5.69 Å². The van der Waals surface area contributed by atoms with Crippen LogP contribution in [-0.2, 0) is 4.79 Å². The van der Waals surface area contributed by atoms with Gasteiger partial charge in [0.15, 0.2) is 0 Å². The molecule has 1 amide bonds. The van der Waals surface area contributed by atoms with Crippen molar-refractivity contribution < 1.29 is 14.3 Å². The van der Waals surface area contributed by atoms with Gasteiger partial charge in [0.2, 0.25) is 5.91 Å². The van der Waals surface area contributed by atoms with E-state index >= 15 is 0 Å². The summed E-state index contributed by atoms with van der Waals surface area (Å²) in [7, 11) is 3.14. The molecule has 0 aliphatic carbocycles. The first-order valence-corrected chi connectivity index (χ1v) is 7.61. The maximum Gasteiger partial charge on any atom is 0.237 e. The Bertz CT molecular complexity index is 635. The highest BCUT2D eigenvalue weighted by Gasteiger charge is 2.16. The van der Waals surface area contributed by atoms with Crippen molar-refractivity contribution in [2.45, 2.75) is 17.1 Å². The number of carbonyl (C=O) groups excluding carboxylic acids is 1. The van der Waals surface area contributed by atoms with Gasteiger partial charge in [-0.1, -0.05) is 0 Å². The van der Waals surface area contributed by atoms with Gasteiger partial charge in [-0.05, 0) is 31.2 Å². The summed E-state index contributed by atoms with van der Waals surface area (Å²) in [6.45, 7) is 1.85. The Morgan fingerprint density at radius 3 is 2.55 bits per heavy atom. The lowest BCUT2D eigenvalue weighted by Crippen LogP contribution is -2.22. The van der Waals surface area contributed by atoms with Crippen molar-refractivity contribution in [3.05, 3.63) is 42.7 Å². The fourth-order valence-corrected chi connectivity index (χ4v) is 2.67. The zero-order chi connectivity index (χ0) is 15.9. The second kappa shape index (κ2) is 7.70. The third kappa shape index (κ3) is 4.14. The minimum Gasteiger partial charge on any atom is -0.497 e. The lowest BCUT2D eigenvalue weighted by molar-refractivity contribution is -0.115. The number of methoxy groups -OCH3 is 2. The van der Waals surface area contributed by atoms with Gasteiger partial charge in [0.1, 0.15) is 11.5 Å². The van der Waals surface area contributed by atoms with Crippen molar-refractivity contribution >= 4 is 23.4 Å². The van der Waals surface area contributed by atoms with Gasteiger partial charge in [-0.2, -0.15) is 0 Å². The minimum atomic E-state index is -0.252. The van der Waals surface area contributed by atoms with Crippen LogP contribution in [0.3, 0.4) is 0 Å². The lowest BCUT2D eigenvalue weighted by atomic mass is 10.2. The first kappa shape index (κ1) is 16.2. The summed E-state index contributed by atoms with van der Waals surface area (Å²) in [6, 6.07) is 9.03. The van der Waals surface area contributed by atoms with Crippen molar-refractivity contribution in [3.63, 3.8) is 0 Å². The SMILES string of the molecule is COc1ccc(OC)c(NC(=O)C(C)Sc2ccncc2)c1. The second-order valence-corrected chi connectivity index (χ2v) is 5.91. The Labute approximate surface area is 134 Å². The molecule has 1 heterocycles. The van der Waals surface area contributed by atoms with Crippen molar-refractivity contribution in [1.29, 1.82) is 0 Å². The maximum absolute atomic E-state index is 12.3. The quantitative estimate of drug-likeness (QED) is 0.829. The number of nitrogens with one attached hydrogen (secondary N) is 1. The highest BCUT2D eigenvalue weighted by molar-refractivity contribution is 8.00. The summed E-state index contributed by atoms with van der Waals surface area (Å²) in [5.74, 6) is 1.15. The summed E-state index contributed by atoms with van der Waals surface area (Å²) in [6.07, 6.45) is 3.41. The van der Waals surface area contributed by atoms with E-state index in [1.165, 1.54) is 11.8 Å². The Balaban J connectivity index is 2.07. The average molecular weight is 318 g/mol. The fraction of sp³-hybridized carbons (Fsp3) is 0.250. The number of hydrogen-bond donors (Lipinski definition) is 1. The number of carbonyl (C=O) groups is 1. The largest absolute Gasteiger partial charge is 0.497 e. The Kier molecular flexibility index (Phi) is 5.66. The molecule has 0 saturated carbocycles. The highest BCUT2D eigenvalue weighted by Crippen LogP contribution is 2.30. The standard InChI is InChI=1S/C16H18N2O3S/c1-11(22-13-6-8-17-9-7-13)16(19)18-14-10-12(20-2)4-5-15(14)21-3/h4-11H,1-3H3,(H,18,19). The van der Waals surface area contributed by atoms with Crippen LogP contribution < -0.4 is 14.8 Å². The van der Waals surface area contributed by atoms with Crippen LogP contribution in [0.5, 0.6) is 11.5 Å². The van der Waals surface area contributed by atoms with E-state index in [9.17, 15) is 4.79 Å². The first-order valence-electron chi connectivity index (χ1n) is 6.73. The molecule has 1 N–H and O–H groups in total. The first-order chi connectivity index (χ1) is 10.6. The smallest absolute Gasteiger partial charge is 0.237 e. The number of benzene rings is 1. The molecule has 2 aromatic rings. The predicted octanol–water partition coefficient (Wildman–Crippen LogP) is 3.22. The molecular formula is C16H18N2O3S. The minimum absolute atomic E-state index is 0.103. The van der Waals surface area contributed by atoms with Crippen LogP contribution in [0.25, 0.3) is 0 Å². The predicted molar refractivity (Wildman–Crippen MR) is 87.7 cm³/mol. The number of nitrogens with zero attached hydrogens (tertiary/aromatic N) is 1. The highest BCUT2D eigenvalue weighted by atomic mass is 32.2. The molecule has 0 spiro atoms. The molecule has 1 unspecified atom stereocenters. The summed E-state index contributed by atoms with van der Waals surface area (Å²) in [4.78, 5) is 17.3. The molecule has 6 heteroatoms. The van der Waals surface area contributed by atoms with Crippen molar-refractivity contribution in [1.82, 2.24) is 4.98 Å². The van der Waals surface area contributed by atoms with E-state index in [1.807, 2.05) is 19.1 Å². The molecule has 1 aromatic carbocycles. The monoisotopic (exact) mass is 318 g/mol. The van der Waals surface area contributed by atoms with Gasteiger partial charge in [0.25, 0.3) is 0 Å². The van der Waals surface area contributed by atoms with Gasteiger partial charge in [0.05, 0.1) is 25.2 Å². The topological polar surface area (TPSA) is 60.5 Å². The van der Waals surface area contributed by atoms with E-state index in [0.29, 0.717) is 17.2 Å². The number of hydrogen-bond acceptors (Lipinski definition) is 5. The lowest BCUT2D eigenvalue weighted by Gasteiger charge is -2.15. The number of anilines is 1. The van der Waals surface area contributed by atoms with E-state index in [2.05, 4.69) is 10.3 Å². The van der Waals surface area contributed by atoms with Gasteiger partial charge in [-0.15, -0.1) is 11.8 Å². The van der Waals surface area contributed by atoms with Gasteiger partial charge in [-0.25, -0.2) is 0 Å². The molecule has 2 rings (SSSR count). The Morgan fingerprint density at radius 1 is 1.18 bits per heavy atom. The fourth-order valence-electron chi connectivity index (χ4n) is 1.82. The van der Waals surface area contributed by atoms with Crippen LogP contribution >= 0.6 is 11.8 Å². The molecule has 0 bridgehead atoms. The van der Waals surface area contributed by atoms with E-state index < -0.39 is 0 Å². The Hall–Kier alpha value is -2.21. The third-order valence-corrected chi connectivity index (χ3v) is 4.11.